The predicted molar refractivity (Wildman–Crippen MR) is 71.8 cm³/mol. The van der Waals surface area contributed by atoms with Crippen molar-refractivity contribution in [3.63, 3.8) is 0 Å². The fourth-order valence-electron chi connectivity index (χ4n) is 2.44. The van der Waals surface area contributed by atoms with Crippen LogP contribution in [-0.4, -0.2) is 24.7 Å². The highest BCUT2D eigenvalue weighted by molar-refractivity contribution is 5.96. The molecule has 3 heteroatoms. The lowest BCUT2D eigenvalue weighted by Gasteiger charge is -2.34. The molecule has 1 aliphatic heterocycles. The summed E-state index contributed by atoms with van der Waals surface area (Å²) in [5.74, 6) is 0.000463. The normalized spacial score (nSPS) is 23.7. The van der Waals surface area contributed by atoms with Crippen molar-refractivity contribution in [1.82, 2.24) is 5.32 Å². The summed E-state index contributed by atoms with van der Waals surface area (Å²) in [6.07, 6.45) is 1.98. The molecular weight excluding hydrogens is 226 g/mol. The van der Waals surface area contributed by atoms with Crippen molar-refractivity contribution >= 4 is 5.91 Å². The van der Waals surface area contributed by atoms with Gasteiger partial charge >= 0.3 is 0 Å². The van der Waals surface area contributed by atoms with Gasteiger partial charge in [0.15, 0.2) is 0 Å². The first kappa shape index (κ1) is 13.1. The predicted octanol–water partition coefficient (Wildman–Crippen LogP) is 2.60. The molecule has 1 fully saturated rings. The Morgan fingerprint density at radius 2 is 2.17 bits per heavy atom. The standard InChI is InChI=1S/C15H21NO2/c1-11-5-6-13(12(2)9-11)14(17)16-15(3)7-4-8-18-10-15/h5-6,9H,4,7-8,10H2,1-3H3,(H,16,17)/t15-/m0/s1. The monoisotopic (exact) mass is 247 g/mol. The van der Waals surface area contributed by atoms with Gasteiger partial charge in [0.1, 0.15) is 0 Å². The van der Waals surface area contributed by atoms with Crippen molar-refractivity contribution in [3.05, 3.63) is 34.9 Å². The van der Waals surface area contributed by atoms with Crippen LogP contribution in [0.15, 0.2) is 18.2 Å². The summed E-state index contributed by atoms with van der Waals surface area (Å²) >= 11 is 0. The summed E-state index contributed by atoms with van der Waals surface area (Å²) in [5.41, 5.74) is 2.73. The van der Waals surface area contributed by atoms with Gasteiger partial charge in [-0.15, -0.1) is 0 Å². The van der Waals surface area contributed by atoms with Crippen LogP contribution in [0.2, 0.25) is 0 Å². The minimum atomic E-state index is -0.230. The summed E-state index contributed by atoms with van der Waals surface area (Å²) in [6, 6.07) is 5.91. The second-order valence-electron chi connectivity index (χ2n) is 5.49. The van der Waals surface area contributed by atoms with E-state index in [1.807, 2.05) is 39.0 Å². The van der Waals surface area contributed by atoms with Crippen molar-refractivity contribution in [2.45, 2.75) is 39.2 Å². The largest absolute Gasteiger partial charge is 0.379 e. The number of ether oxygens (including phenoxy) is 1. The van der Waals surface area contributed by atoms with E-state index in [1.165, 1.54) is 5.56 Å². The van der Waals surface area contributed by atoms with Gasteiger partial charge in [0.25, 0.3) is 5.91 Å². The van der Waals surface area contributed by atoms with E-state index in [9.17, 15) is 4.79 Å². The number of carbonyl (C=O) groups is 1. The van der Waals surface area contributed by atoms with Crippen molar-refractivity contribution in [2.24, 2.45) is 0 Å². The van der Waals surface area contributed by atoms with Gasteiger partial charge in [-0.3, -0.25) is 4.79 Å². The molecular formula is C15H21NO2. The lowest BCUT2D eigenvalue weighted by molar-refractivity contribution is 0.0272. The molecule has 18 heavy (non-hydrogen) atoms. The number of carbonyl (C=O) groups excluding carboxylic acids is 1. The van der Waals surface area contributed by atoms with E-state index in [0.717, 1.165) is 30.6 Å². The van der Waals surface area contributed by atoms with Gasteiger partial charge in [0, 0.05) is 12.2 Å². The van der Waals surface area contributed by atoms with Crippen molar-refractivity contribution in [2.75, 3.05) is 13.2 Å². The zero-order chi connectivity index (χ0) is 13.2. The highest BCUT2D eigenvalue weighted by atomic mass is 16.5. The molecule has 0 radical (unpaired) electrons. The van der Waals surface area contributed by atoms with Gasteiger partial charge in [-0.05, 0) is 45.2 Å². The van der Waals surface area contributed by atoms with Gasteiger partial charge in [0.2, 0.25) is 0 Å². The van der Waals surface area contributed by atoms with E-state index in [-0.39, 0.29) is 11.4 Å². The van der Waals surface area contributed by atoms with E-state index in [4.69, 9.17) is 4.74 Å². The Morgan fingerprint density at radius 1 is 1.39 bits per heavy atom. The Morgan fingerprint density at radius 3 is 2.78 bits per heavy atom. The number of aryl methyl sites for hydroxylation is 2. The number of hydrogen-bond acceptors (Lipinski definition) is 2. The molecule has 1 aromatic carbocycles. The molecule has 1 aliphatic rings. The Bertz CT molecular complexity index is 448. The molecule has 0 bridgehead atoms. The topological polar surface area (TPSA) is 38.3 Å². The first-order valence-electron chi connectivity index (χ1n) is 6.48. The van der Waals surface area contributed by atoms with Crippen molar-refractivity contribution < 1.29 is 9.53 Å². The minimum absolute atomic E-state index is 0.000463. The Hall–Kier alpha value is -1.35. The average Bonchev–Trinajstić information content (AvgIpc) is 2.28. The third kappa shape index (κ3) is 2.91. The van der Waals surface area contributed by atoms with Gasteiger partial charge in [-0.25, -0.2) is 0 Å². The minimum Gasteiger partial charge on any atom is -0.379 e. The van der Waals surface area contributed by atoms with Crippen LogP contribution >= 0.6 is 0 Å². The molecule has 3 nitrogen and oxygen atoms in total. The van der Waals surface area contributed by atoms with Crippen LogP contribution < -0.4 is 5.32 Å². The number of amides is 1. The zero-order valence-electron chi connectivity index (χ0n) is 11.4. The molecule has 1 heterocycles. The number of hydrogen-bond donors (Lipinski definition) is 1. The van der Waals surface area contributed by atoms with Crippen LogP contribution in [-0.2, 0) is 4.74 Å². The smallest absolute Gasteiger partial charge is 0.252 e. The number of benzene rings is 1. The van der Waals surface area contributed by atoms with Gasteiger partial charge in [-0.1, -0.05) is 17.7 Å². The number of nitrogens with one attached hydrogen (secondary N) is 1. The molecule has 1 aromatic rings. The van der Waals surface area contributed by atoms with Gasteiger partial charge in [0.05, 0.1) is 12.1 Å². The first-order valence-corrected chi connectivity index (χ1v) is 6.48. The summed E-state index contributed by atoms with van der Waals surface area (Å²) in [5, 5.41) is 3.11. The van der Waals surface area contributed by atoms with E-state index in [0.29, 0.717) is 6.61 Å². The average molecular weight is 247 g/mol. The van der Waals surface area contributed by atoms with Crippen molar-refractivity contribution in [1.29, 1.82) is 0 Å². The van der Waals surface area contributed by atoms with Crippen LogP contribution in [0.25, 0.3) is 0 Å². The summed E-state index contributed by atoms with van der Waals surface area (Å²) in [6.45, 7) is 7.46. The Kier molecular flexibility index (Phi) is 3.71. The molecule has 0 aliphatic carbocycles. The maximum atomic E-state index is 12.3. The quantitative estimate of drug-likeness (QED) is 0.872. The lowest BCUT2D eigenvalue weighted by Crippen LogP contribution is -2.51. The second kappa shape index (κ2) is 5.11. The molecule has 1 N–H and O–H groups in total. The summed E-state index contributed by atoms with van der Waals surface area (Å²) in [7, 11) is 0. The SMILES string of the molecule is Cc1ccc(C(=O)N[C@@]2(C)CCCOC2)c(C)c1. The van der Waals surface area contributed by atoms with Gasteiger partial charge < -0.3 is 10.1 Å². The molecule has 1 amide bonds. The first-order chi connectivity index (χ1) is 8.50. The summed E-state index contributed by atoms with van der Waals surface area (Å²) < 4.78 is 5.46. The second-order valence-corrected chi connectivity index (χ2v) is 5.49. The van der Waals surface area contributed by atoms with Crippen LogP contribution in [0.4, 0.5) is 0 Å². The highest BCUT2D eigenvalue weighted by Gasteiger charge is 2.29. The maximum Gasteiger partial charge on any atom is 0.252 e. The highest BCUT2D eigenvalue weighted by Crippen LogP contribution is 2.20. The Labute approximate surface area is 109 Å². The third-order valence-electron chi connectivity index (χ3n) is 3.48. The molecule has 98 valence electrons. The van der Waals surface area contributed by atoms with E-state index in [1.54, 1.807) is 0 Å². The fourth-order valence-corrected chi connectivity index (χ4v) is 2.44. The Balaban J connectivity index is 2.11. The third-order valence-corrected chi connectivity index (χ3v) is 3.48. The van der Waals surface area contributed by atoms with E-state index < -0.39 is 0 Å². The molecule has 0 spiro atoms. The molecule has 2 rings (SSSR count). The van der Waals surface area contributed by atoms with Gasteiger partial charge in [-0.2, -0.15) is 0 Å². The van der Waals surface area contributed by atoms with Crippen LogP contribution in [0, 0.1) is 13.8 Å². The van der Waals surface area contributed by atoms with Crippen LogP contribution in [0.3, 0.4) is 0 Å². The zero-order valence-corrected chi connectivity index (χ0v) is 11.4. The maximum absolute atomic E-state index is 12.3. The van der Waals surface area contributed by atoms with Crippen LogP contribution in [0.5, 0.6) is 0 Å². The number of rotatable bonds is 2. The van der Waals surface area contributed by atoms with E-state index in [2.05, 4.69) is 5.32 Å². The molecule has 1 atom stereocenters. The molecule has 0 unspecified atom stereocenters. The molecule has 1 saturated heterocycles. The van der Waals surface area contributed by atoms with Crippen LogP contribution in [0.1, 0.15) is 41.3 Å². The summed E-state index contributed by atoms with van der Waals surface area (Å²) in [4.78, 5) is 12.3. The van der Waals surface area contributed by atoms with E-state index >= 15 is 0 Å². The fraction of sp³-hybridized carbons (Fsp3) is 0.533. The molecule has 0 aromatic heterocycles. The molecule has 0 saturated carbocycles. The van der Waals surface area contributed by atoms with Crippen molar-refractivity contribution in [3.8, 4) is 0 Å². The lowest BCUT2D eigenvalue weighted by atomic mass is 9.94.